The molecule has 0 heterocycles. The number of hydrogen-bond acceptors (Lipinski definition) is 2. The fourth-order valence-corrected chi connectivity index (χ4v) is 2.57. The van der Waals surface area contributed by atoms with E-state index in [4.69, 9.17) is 0 Å². The van der Waals surface area contributed by atoms with Gasteiger partial charge >= 0.3 is 0 Å². The van der Waals surface area contributed by atoms with E-state index >= 15 is 0 Å². The zero-order chi connectivity index (χ0) is 13.6. The van der Waals surface area contributed by atoms with Gasteiger partial charge in [-0.3, -0.25) is 8.78 Å². The summed E-state index contributed by atoms with van der Waals surface area (Å²) in [4.78, 5) is 0. The minimum Gasteiger partial charge on any atom is -0.385 e. The van der Waals surface area contributed by atoms with Gasteiger partial charge in [0.25, 0.3) is 0 Å². The van der Waals surface area contributed by atoms with Crippen LogP contribution >= 0.6 is 0 Å². The predicted molar refractivity (Wildman–Crippen MR) is 75.0 cm³/mol. The second-order valence-electron chi connectivity index (χ2n) is 5.47. The van der Waals surface area contributed by atoms with Crippen LogP contribution in [0.3, 0.4) is 0 Å². The average Bonchev–Trinajstić information content (AvgIpc) is 2.42. The van der Waals surface area contributed by atoms with E-state index in [-0.39, 0.29) is 0 Å². The number of para-hydroxylation sites is 1. The third-order valence-electron chi connectivity index (χ3n) is 3.82. The van der Waals surface area contributed by atoms with Crippen LogP contribution in [0.1, 0.15) is 19.3 Å². The van der Waals surface area contributed by atoms with Crippen LogP contribution in [0.25, 0.3) is 0 Å². The highest BCUT2D eigenvalue weighted by atomic mass is 19.1. The number of benzene rings is 1. The van der Waals surface area contributed by atoms with E-state index in [0.717, 1.165) is 25.2 Å². The molecule has 4 heteroatoms. The molecule has 0 aromatic heterocycles. The van der Waals surface area contributed by atoms with Gasteiger partial charge in [-0.25, -0.2) is 0 Å². The lowest BCUT2D eigenvalue weighted by Gasteiger charge is -2.44. The minimum atomic E-state index is -0.667. The zero-order valence-electron chi connectivity index (χ0n) is 11.2. The third kappa shape index (κ3) is 3.90. The van der Waals surface area contributed by atoms with Crippen LogP contribution in [0.4, 0.5) is 14.5 Å². The molecular formula is C15H22F2N2. The first-order chi connectivity index (χ1) is 9.28. The Labute approximate surface area is 113 Å². The molecule has 2 N–H and O–H groups in total. The highest BCUT2D eigenvalue weighted by molar-refractivity contribution is 5.42. The Bertz CT molecular complexity index is 358. The van der Waals surface area contributed by atoms with Gasteiger partial charge in [0.1, 0.15) is 0 Å². The van der Waals surface area contributed by atoms with Gasteiger partial charge in [0.05, 0.1) is 13.3 Å². The van der Waals surface area contributed by atoms with E-state index in [1.54, 1.807) is 0 Å². The van der Waals surface area contributed by atoms with Gasteiger partial charge in [0.15, 0.2) is 0 Å². The number of alkyl halides is 2. The molecule has 0 aliphatic heterocycles. The van der Waals surface area contributed by atoms with Crippen LogP contribution < -0.4 is 10.6 Å². The smallest absolute Gasteiger partial charge is 0.0976 e. The molecule has 1 aromatic rings. The van der Waals surface area contributed by atoms with Crippen molar-refractivity contribution >= 4 is 5.69 Å². The molecule has 1 aliphatic carbocycles. The predicted octanol–water partition coefficient (Wildman–Crippen LogP) is 3.17. The average molecular weight is 268 g/mol. The maximum absolute atomic E-state index is 12.6. The molecule has 1 aromatic carbocycles. The van der Waals surface area contributed by atoms with Crippen molar-refractivity contribution in [1.82, 2.24) is 5.32 Å². The Kier molecular flexibility index (Phi) is 5.14. The van der Waals surface area contributed by atoms with E-state index in [9.17, 15) is 8.78 Å². The molecule has 0 radical (unpaired) electrons. The summed E-state index contributed by atoms with van der Waals surface area (Å²) in [6.45, 7) is 0.731. The van der Waals surface area contributed by atoms with Gasteiger partial charge in [-0.05, 0) is 37.9 Å². The largest absolute Gasteiger partial charge is 0.385 e. The van der Waals surface area contributed by atoms with Crippen molar-refractivity contribution in [2.75, 3.05) is 31.8 Å². The molecule has 0 bridgehead atoms. The standard InChI is InChI=1S/C15H22F2N2/c16-11-15(12-17)9-14(10-15)19-8-4-7-18-13-5-2-1-3-6-13/h1-3,5-6,14,18-19H,4,7-12H2. The molecule has 0 amide bonds. The van der Waals surface area contributed by atoms with Gasteiger partial charge < -0.3 is 10.6 Å². The van der Waals surface area contributed by atoms with Gasteiger partial charge in [0, 0.05) is 23.7 Å². The Morgan fingerprint density at radius 2 is 1.74 bits per heavy atom. The highest BCUT2D eigenvalue weighted by Crippen LogP contribution is 2.41. The summed E-state index contributed by atoms with van der Waals surface area (Å²) in [5.41, 5.74) is 0.458. The first kappa shape index (κ1) is 14.3. The zero-order valence-corrected chi connectivity index (χ0v) is 11.2. The lowest BCUT2D eigenvalue weighted by atomic mass is 9.67. The number of rotatable bonds is 8. The summed E-state index contributed by atoms with van der Waals surface area (Å²) in [6, 6.07) is 10.4. The van der Waals surface area contributed by atoms with Crippen molar-refractivity contribution < 1.29 is 8.78 Å². The quantitative estimate of drug-likeness (QED) is 0.708. The molecule has 106 valence electrons. The van der Waals surface area contributed by atoms with Gasteiger partial charge in [0.2, 0.25) is 0 Å². The number of anilines is 1. The first-order valence-corrected chi connectivity index (χ1v) is 6.92. The van der Waals surface area contributed by atoms with Crippen molar-refractivity contribution in [2.45, 2.75) is 25.3 Å². The molecule has 2 nitrogen and oxygen atoms in total. The maximum atomic E-state index is 12.6. The van der Waals surface area contributed by atoms with Crippen LogP contribution in [-0.4, -0.2) is 32.5 Å². The molecule has 0 atom stereocenters. The molecule has 0 unspecified atom stereocenters. The molecular weight excluding hydrogens is 246 g/mol. The monoisotopic (exact) mass is 268 g/mol. The van der Waals surface area contributed by atoms with Crippen LogP contribution in [-0.2, 0) is 0 Å². The third-order valence-corrected chi connectivity index (χ3v) is 3.82. The van der Waals surface area contributed by atoms with Gasteiger partial charge in [-0.15, -0.1) is 0 Å². The fourth-order valence-electron chi connectivity index (χ4n) is 2.57. The van der Waals surface area contributed by atoms with E-state index in [2.05, 4.69) is 10.6 Å². The number of hydrogen-bond donors (Lipinski definition) is 2. The van der Waals surface area contributed by atoms with Crippen LogP contribution in [0.2, 0.25) is 0 Å². The van der Waals surface area contributed by atoms with E-state index in [0.29, 0.717) is 18.9 Å². The summed E-state index contributed by atoms with van der Waals surface area (Å²) in [6.07, 6.45) is 2.27. The highest BCUT2D eigenvalue weighted by Gasteiger charge is 2.44. The molecule has 1 aliphatic rings. The van der Waals surface area contributed by atoms with Crippen molar-refractivity contribution in [1.29, 1.82) is 0 Å². The van der Waals surface area contributed by atoms with Crippen molar-refractivity contribution in [3.63, 3.8) is 0 Å². The molecule has 0 spiro atoms. The summed E-state index contributed by atoms with van der Waals surface area (Å²) >= 11 is 0. The Morgan fingerprint density at radius 3 is 2.37 bits per heavy atom. The van der Waals surface area contributed by atoms with Crippen LogP contribution in [0.15, 0.2) is 30.3 Å². The topological polar surface area (TPSA) is 24.1 Å². The second-order valence-corrected chi connectivity index (χ2v) is 5.47. The van der Waals surface area contributed by atoms with E-state index in [1.807, 2.05) is 30.3 Å². The summed E-state index contributed by atoms with van der Waals surface area (Å²) in [5.74, 6) is 0. The molecule has 0 saturated heterocycles. The molecule has 2 rings (SSSR count). The fraction of sp³-hybridized carbons (Fsp3) is 0.600. The van der Waals surface area contributed by atoms with Crippen LogP contribution in [0.5, 0.6) is 0 Å². The Hall–Kier alpha value is -1.16. The lowest BCUT2D eigenvalue weighted by Crippen LogP contribution is -2.51. The summed E-state index contributed by atoms with van der Waals surface area (Å²) < 4.78 is 25.2. The van der Waals surface area contributed by atoms with Crippen molar-refractivity contribution in [3.05, 3.63) is 30.3 Å². The maximum Gasteiger partial charge on any atom is 0.0976 e. The normalized spacial score (nSPS) is 18.0. The molecule has 1 fully saturated rings. The number of nitrogens with one attached hydrogen (secondary N) is 2. The van der Waals surface area contributed by atoms with Gasteiger partial charge in [-0.1, -0.05) is 18.2 Å². The van der Waals surface area contributed by atoms with E-state index < -0.39 is 18.8 Å². The van der Waals surface area contributed by atoms with Gasteiger partial charge in [-0.2, -0.15) is 0 Å². The lowest BCUT2D eigenvalue weighted by molar-refractivity contribution is 0.0251. The molecule has 19 heavy (non-hydrogen) atoms. The van der Waals surface area contributed by atoms with Crippen molar-refractivity contribution in [2.24, 2.45) is 5.41 Å². The Balaban J connectivity index is 1.52. The summed E-state index contributed by atoms with van der Waals surface area (Å²) in [5, 5.41) is 6.69. The van der Waals surface area contributed by atoms with Crippen molar-refractivity contribution in [3.8, 4) is 0 Å². The van der Waals surface area contributed by atoms with E-state index in [1.165, 1.54) is 0 Å². The SMILES string of the molecule is FCC1(CF)CC(NCCCNc2ccccc2)C1. The first-order valence-electron chi connectivity index (χ1n) is 6.92. The molecule has 1 saturated carbocycles. The number of halogens is 2. The second kappa shape index (κ2) is 6.85. The summed E-state index contributed by atoms with van der Waals surface area (Å²) in [7, 11) is 0. The minimum absolute atomic E-state index is 0.295. The Morgan fingerprint density at radius 1 is 1.05 bits per heavy atom. The van der Waals surface area contributed by atoms with Crippen LogP contribution in [0, 0.1) is 5.41 Å².